The molecule has 43 heavy (non-hydrogen) atoms. The van der Waals surface area contributed by atoms with Gasteiger partial charge in [-0.05, 0) is 19.3 Å². The first-order valence-electron chi connectivity index (χ1n) is 16.2. The van der Waals surface area contributed by atoms with Crippen molar-refractivity contribution < 1.29 is 58.6 Å². The first-order chi connectivity index (χ1) is 20.4. The molecule has 6 N–H and O–H groups in total. The number of unbranched alkanes of at least 4 members (excludes halogenated alkanes) is 12. The van der Waals surface area contributed by atoms with Gasteiger partial charge in [-0.15, -0.1) is 0 Å². The molecule has 1 saturated carbocycles. The molecule has 1 fully saturated rings. The number of carbonyl (C=O) groups excluding carboxylic acids is 2. The normalized spacial score (nSPS) is 26.0. The third kappa shape index (κ3) is 16.7. The number of aliphatic hydroxyl groups is 5. The van der Waals surface area contributed by atoms with E-state index in [1.165, 1.54) is 19.3 Å². The molecule has 1 rings (SSSR count). The fourth-order valence-corrected chi connectivity index (χ4v) is 6.35. The molecule has 0 aromatic heterocycles. The Morgan fingerprint density at radius 3 is 1.56 bits per heavy atom. The molecule has 1 aliphatic rings. The van der Waals surface area contributed by atoms with Crippen molar-refractivity contribution in [2.45, 2.75) is 166 Å². The molecule has 0 saturated heterocycles. The number of hydrogen-bond acceptors (Lipinski definition) is 11. The molecular weight excluding hydrogens is 583 g/mol. The van der Waals surface area contributed by atoms with Crippen LogP contribution in [0.3, 0.4) is 0 Å². The summed E-state index contributed by atoms with van der Waals surface area (Å²) in [5, 5.41) is 49.8. The van der Waals surface area contributed by atoms with Crippen LogP contribution in [-0.2, 0) is 28.2 Å². The maximum Gasteiger partial charge on any atom is 0.328 e. The van der Waals surface area contributed by atoms with Crippen molar-refractivity contribution in [1.29, 1.82) is 0 Å². The molecule has 8 atom stereocenters. The Morgan fingerprint density at radius 2 is 1.07 bits per heavy atom. The number of esters is 2. The van der Waals surface area contributed by atoms with E-state index in [1.54, 1.807) is 0 Å². The van der Waals surface area contributed by atoms with Crippen LogP contribution in [-0.4, -0.2) is 97.9 Å². The number of aliphatic hydroxyl groups excluding tert-OH is 5. The highest BCUT2D eigenvalue weighted by atomic mass is 31.2. The van der Waals surface area contributed by atoms with Gasteiger partial charge in [0, 0.05) is 12.8 Å². The standard InChI is InChI=1S/C30H57O12P/c1-3-5-7-9-11-13-15-17-23(31)40-21-22(41-24(32)18-16-14-12-10-8-6-4-2)19-20-43(38,39)42-30-28(36)26(34)25(33)27(35)29(30)37/h22,25-30,33-37H,3-21H2,1-2H3,(H,38,39)/t22?,25?,26-,27+,28-,29-,30?/m0/s1. The summed E-state index contributed by atoms with van der Waals surface area (Å²) in [7, 11) is -4.58. The summed E-state index contributed by atoms with van der Waals surface area (Å²) >= 11 is 0. The Morgan fingerprint density at radius 1 is 0.651 bits per heavy atom. The Labute approximate surface area is 256 Å². The van der Waals surface area contributed by atoms with E-state index in [1.807, 2.05) is 0 Å². The van der Waals surface area contributed by atoms with Gasteiger partial charge in [0.05, 0.1) is 6.16 Å². The summed E-state index contributed by atoms with van der Waals surface area (Å²) in [5.74, 6) is -0.978. The average Bonchev–Trinajstić information content (AvgIpc) is 2.97. The monoisotopic (exact) mass is 640 g/mol. The minimum absolute atomic E-state index is 0.155. The fraction of sp³-hybridized carbons (Fsp3) is 0.933. The Hall–Kier alpha value is -1.11. The quantitative estimate of drug-likeness (QED) is 0.0510. The van der Waals surface area contributed by atoms with Crippen LogP contribution in [0.25, 0.3) is 0 Å². The molecule has 12 nitrogen and oxygen atoms in total. The Balaban J connectivity index is 2.65. The second-order valence-electron chi connectivity index (χ2n) is 11.7. The lowest BCUT2D eigenvalue weighted by Gasteiger charge is -2.41. The Kier molecular flexibility index (Phi) is 20.8. The summed E-state index contributed by atoms with van der Waals surface area (Å²) in [5.41, 5.74) is 0. The van der Waals surface area contributed by atoms with Gasteiger partial charge in [-0.3, -0.25) is 18.7 Å². The van der Waals surface area contributed by atoms with Crippen molar-refractivity contribution in [3.63, 3.8) is 0 Å². The molecule has 0 radical (unpaired) electrons. The van der Waals surface area contributed by atoms with E-state index in [-0.39, 0.29) is 25.9 Å². The third-order valence-corrected chi connectivity index (χ3v) is 9.19. The van der Waals surface area contributed by atoms with E-state index in [0.29, 0.717) is 12.8 Å². The van der Waals surface area contributed by atoms with Gasteiger partial charge in [0.1, 0.15) is 49.3 Å². The fourth-order valence-electron chi connectivity index (χ4n) is 5.00. The summed E-state index contributed by atoms with van der Waals surface area (Å²) < 4.78 is 28.7. The molecule has 1 aliphatic carbocycles. The predicted molar refractivity (Wildman–Crippen MR) is 160 cm³/mol. The van der Waals surface area contributed by atoms with E-state index < -0.39 is 68.4 Å². The first-order valence-corrected chi connectivity index (χ1v) is 17.9. The number of carbonyl (C=O) groups is 2. The average molecular weight is 641 g/mol. The molecule has 4 unspecified atom stereocenters. The summed E-state index contributed by atoms with van der Waals surface area (Å²) in [6, 6.07) is 0. The van der Waals surface area contributed by atoms with Gasteiger partial charge in [0.25, 0.3) is 0 Å². The van der Waals surface area contributed by atoms with Gasteiger partial charge < -0.3 is 39.9 Å². The molecule has 254 valence electrons. The summed E-state index contributed by atoms with van der Waals surface area (Å²) in [6.45, 7) is 3.98. The minimum Gasteiger partial charge on any atom is -0.462 e. The number of rotatable bonds is 24. The van der Waals surface area contributed by atoms with Gasteiger partial charge in [0.2, 0.25) is 0 Å². The van der Waals surface area contributed by atoms with E-state index >= 15 is 0 Å². The highest BCUT2D eigenvalue weighted by Gasteiger charge is 2.51. The molecule has 0 aromatic carbocycles. The largest absolute Gasteiger partial charge is 0.462 e. The lowest BCUT2D eigenvalue weighted by atomic mass is 9.85. The molecule has 0 spiro atoms. The van der Waals surface area contributed by atoms with Gasteiger partial charge in [0.15, 0.2) is 0 Å². The molecule has 0 aromatic rings. The van der Waals surface area contributed by atoms with E-state index in [9.17, 15) is 44.6 Å². The highest BCUT2D eigenvalue weighted by molar-refractivity contribution is 7.52. The lowest BCUT2D eigenvalue weighted by molar-refractivity contribution is -0.218. The minimum atomic E-state index is -4.58. The van der Waals surface area contributed by atoms with Crippen molar-refractivity contribution in [3.05, 3.63) is 0 Å². The van der Waals surface area contributed by atoms with Crippen LogP contribution in [0, 0.1) is 0 Å². The lowest BCUT2D eigenvalue weighted by Crippen LogP contribution is -2.64. The van der Waals surface area contributed by atoms with Crippen LogP contribution in [0.4, 0.5) is 0 Å². The number of ether oxygens (including phenoxy) is 2. The second-order valence-corrected chi connectivity index (χ2v) is 13.6. The molecule has 0 bridgehead atoms. The summed E-state index contributed by atoms with van der Waals surface area (Å²) in [4.78, 5) is 35.2. The smallest absolute Gasteiger partial charge is 0.328 e. The second kappa shape index (κ2) is 22.4. The van der Waals surface area contributed by atoms with Gasteiger partial charge >= 0.3 is 19.5 Å². The van der Waals surface area contributed by atoms with E-state index in [4.69, 9.17) is 14.0 Å². The van der Waals surface area contributed by atoms with E-state index in [2.05, 4.69) is 13.8 Å². The van der Waals surface area contributed by atoms with E-state index in [0.717, 1.165) is 57.8 Å². The molecule has 0 heterocycles. The molecule has 0 aliphatic heterocycles. The van der Waals surface area contributed by atoms with Crippen molar-refractivity contribution >= 4 is 19.5 Å². The van der Waals surface area contributed by atoms with Crippen molar-refractivity contribution in [1.82, 2.24) is 0 Å². The van der Waals surface area contributed by atoms with Gasteiger partial charge in [-0.25, -0.2) is 0 Å². The van der Waals surface area contributed by atoms with Crippen LogP contribution in [0.15, 0.2) is 0 Å². The van der Waals surface area contributed by atoms with Crippen LogP contribution >= 0.6 is 7.60 Å². The molecule has 13 heteroatoms. The zero-order chi connectivity index (χ0) is 32.3. The number of hydrogen-bond donors (Lipinski definition) is 6. The first kappa shape index (κ1) is 39.9. The third-order valence-electron chi connectivity index (χ3n) is 7.79. The van der Waals surface area contributed by atoms with Crippen molar-refractivity contribution in [3.8, 4) is 0 Å². The maximum absolute atomic E-state index is 12.8. The summed E-state index contributed by atoms with van der Waals surface area (Å²) in [6.07, 6.45) is 1.42. The van der Waals surface area contributed by atoms with Crippen LogP contribution in [0.1, 0.15) is 123 Å². The van der Waals surface area contributed by atoms with Crippen molar-refractivity contribution in [2.75, 3.05) is 12.8 Å². The highest BCUT2D eigenvalue weighted by Crippen LogP contribution is 2.46. The van der Waals surface area contributed by atoms with Gasteiger partial charge in [-0.2, -0.15) is 0 Å². The molecule has 0 amide bonds. The zero-order valence-electron chi connectivity index (χ0n) is 26.1. The topological polar surface area (TPSA) is 200 Å². The van der Waals surface area contributed by atoms with Crippen LogP contribution in [0.2, 0.25) is 0 Å². The molecular formula is C30H57O12P. The zero-order valence-corrected chi connectivity index (χ0v) is 27.0. The van der Waals surface area contributed by atoms with Crippen LogP contribution in [0.5, 0.6) is 0 Å². The SMILES string of the molecule is CCCCCCCCCC(=O)OCC(CCP(=O)(O)OC1[C@@H](O)[C@H](O)C(O)[C@H](O)[C@@H]1O)OC(=O)CCCCCCCCC. The van der Waals surface area contributed by atoms with Crippen molar-refractivity contribution in [2.24, 2.45) is 0 Å². The maximum atomic E-state index is 12.8. The van der Waals surface area contributed by atoms with Gasteiger partial charge in [-0.1, -0.05) is 90.9 Å². The Bertz CT molecular complexity index is 796. The predicted octanol–water partition coefficient (Wildman–Crippen LogP) is 3.50. The van der Waals surface area contributed by atoms with Crippen LogP contribution < -0.4 is 0 Å².